The molecule has 2 atom stereocenters. The highest BCUT2D eigenvalue weighted by Gasteiger charge is 2.34. The number of carboxylic acids is 1. The fourth-order valence-corrected chi connectivity index (χ4v) is 3.94. The van der Waals surface area contributed by atoms with Crippen molar-refractivity contribution in [2.45, 2.75) is 44.7 Å². The summed E-state index contributed by atoms with van der Waals surface area (Å²) in [7, 11) is 3.21. The first-order valence-electron chi connectivity index (χ1n) is 7.93. The van der Waals surface area contributed by atoms with Gasteiger partial charge in [0, 0.05) is 10.5 Å². The zero-order valence-electron chi connectivity index (χ0n) is 13.8. The average molecular weight is 386 g/mol. The maximum atomic E-state index is 11.6. The lowest BCUT2D eigenvalue weighted by Gasteiger charge is -2.39. The molecule has 128 valence electrons. The number of methoxy groups -OCH3 is 2. The van der Waals surface area contributed by atoms with Crippen LogP contribution in [0.3, 0.4) is 0 Å². The molecule has 6 heteroatoms. The monoisotopic (exact) mass is 385 g/mol. The fraction of sp³-hybridized carbons (Fsp3) is 0.588. The molecule has 1 aliphatic heterocycles. The lowest BCUT2D eigenvalue weighted by molar-refractivity contribution is -0.146. The van der Waals surface area contributed by atoms with E-state index in [0.29, 0.717) is 17.9 Å². The molecule has 0 bridgehead atoms. The minimum absolute atomic E-state index is 0.0329. The molecule has 0 radical (unpaired) electrons. The van der Waals surface area contributed by atoms with E-state index in [1.54, 1.807) is 14.2 Å². The maximum absolute atomic E-state index is 11.6. The summed E-state index contributed by atoms with van der Waals surface area (Å²) in [5.41, 5.74) is 1.04. The predicted molar refractivity (Wildman–Crippen MR) is 92.3 cm³/mol. The molecule has 0 spiro atoms. The second-order valence-corrected chi connectivity index (χ2v) is 6.59. The SMILES string of the molecule is CCC(c1cc(OC)c(OC)cc1Br)N1CCCCC1C(=O)O. The van der Waals surface area contributed by atoms with Crippen LogP contribution in [0.4, 0.5) is 0 Å². The highest BCUT2D eigenvalue weighted by Crippen LogP contribution is 2.40. The number of hydrogen-bond donors (Lipinski definition) is 1. The van der Waals surface area contributed by atoms with E-state index >= 15 is 0 Å². The second-order valence-electron chi connectivity index (χ2n) is 5.74. The van der Waals surface area contributed by atoms with Gasteiger partial charge in [-0.3, -0.25) is 9.69 Å². The number of carboxylic acid groups (broad SMARTS) is 1. The van der Waals surface area contributed by atoms with Crippen molar-refractivity contribution in [3.05, 3.63) is 22.2 Å². The van der Waals surface area contributed by atoms with Gasteiger partial charge < -0.3 is 14.6 Å². The summed E-state index contributed by atoms with van der Waals surface area (Å²) >= 11 is 3.61. The van der Waals surface area contributed by atoms with Gasteiger partial charge in [-0.2, -0.15) is 0 Å². The molecule has 0 amide bonds. The number of nitrogens with zero attached hydrogens (tertiary/aromatic N) is 1. The van der Waals surface area contributed by atoms with E-state index in [4.69, 9.17) is 9.47 Å². The number of aliphatic carboxylic acids is 1. The van der Waals surface area contributed by atoms with E-state index in [2.05, 4.69) is 27.8 Å². The van der Waals surface area contributed by atoms with Gasteiger partial charge in [0.25, 0.3) is 0 Å². The molecule has 2 rings (SSSR count). The quantitative estimate of drug-likeness (QED) is 0.805. The smallest absolute Gasteiger partial charge is 0.320 e. The van der Waals surface area contributed by atoms with Crippen molar-refractivity contribution in [1.82, 2.24) is 4.90 Å². The molecule has 1 N–H and O–H groups in total. The van der Waals surface area contributed by atoms with E-state index in [9.17, 15) is 9.90 Å². The topological polar surface area (TPSA) is 59.0 Å². The second kappa shape index (κ2) is 8.02. The van der Waals surface area contributed by atoms with Gasteiger partial charge in [0.1, 0.15) is 6.04 Å². The molecule has 0 aromatic heterocycles. The summed E-state index contributed by atoms with van der Waals surface area (Å²) in [6, 6.07) is 3.44. The van der Waals surface area contributed by atoms with E-state index < -0.39 is 12.0 Å². The Labute approximate surface area is 145 Å². The van der Waals surface area contributed by atoms with Crippen LogP contribution in [-0.4, -0.2) is 42.8 Å². The zero-order valence-corrected chi connectivity index (χ0v) is 15.4. The molecule has 5 nitrogen and oxygen atoms in total. The Bertz CT molecular complexity index is 564. The third-order valence-electron chi connectivity index (χ3n) is 4.48. The number of hydrogen-bond acceptors (Lipinski definition) is 4. The van der Waals surface area contributed by atoms with Crippen LogP contribution in [0.5, 0.6) is 11.5 Å². The van der Waals surface area contributed by atoms with Crippen molar-refractivity contribution >= 4 is 21.9 Å². The third kappa shape index (κ3) is 3.80. The normalized spacial score (nSPS) is 20.1. The largest absolute Gasteiger partial charge is 0.493 e. The van der Waals surface area contributed by atoms with Gasteiger partial charge >= 0.3 is 5.97 Å². The van der Waals surface area contributed by atoms with Gasteiger partial charge in [-0.1, -0.05) is 29.3 Å². The summed E-state index contributed by atoms with van der Waals surface area (Å²) < 4.78 is 11.6. The van der Waals surface area contributed by atoms with Crippen LogP contribution in [0.25, 0.3) is 0 Å². The lowest BCUT2D eigenvalue weighted by atomic mass is 9.94. The third-order valence-corrected chi connectivity index (χ3v) is 5.16. The van der Waals surface area contributed by atoms with Gasteiger partial charge in [0.15, 0.2) is 11.5 Å². The van der Waals surface area contributed by atoms with E-state index in [0.717, 1.165) is 35.8 Å². The maximum Gasteiger partial charge on any atom is 0.320 e. The molecule has 0 aliphatic carbocycles. The van der Waals surface area contributed by atoms with Crippen molar-refractivity contribution in [3.63, 3.8) is 0 Å². The van der Waals surface area contributed by atoms with Gasteiger partial charge in [-0.15, -0.1) is 0 Å². The van der Waals surface area contributed by atoms with Gasteiger partial charge in [-0.25, -0.2) is 0 Å². The summed E-state index contributed by atoms with van der Waals surface area (Å²) in [4.78, 5) is 13.7. The molecule has 1 heterocycles. The molecular formula is C17H24BrNO4. The molecular weight excluding hydrogens is 362 g/mol. The van der Waals surface area contributed by atoms with Crippen molar-refractivity contribution in [2.75, 3.05) is 20.8 Å². The Hall–Kier alpha value is -1.27. The predicted octanol–water partition coefficient (Wildman–Crippen LogP) is 3.86. The molecule has 1 aliphatic rings. The lowest BCUT2D eigenvalue weighted by Crippen LogP contribution is -2.46. The molecule has 23 heavy (non-hydrogen) atoms. The Kier molecular flexibility index (Phi) is 6.30. The van der Waals surface area contributed by atoms with E-state index in [-0.39, 0.29) is 6.04 Å². The number of halogens is 1. The summed E-state index contributed by atoms with van der Waals surface area (Å²) in [5, 5.41) is 9.55. The summed E-state index contributed by atoms with van der Waals surface area (Å²) in [6.07, 6.45) is 3.54. The van der Waals surface area contributed by atoms with Gasteiger partial charge in [0.2, 0.25) is 0 Å². The Morgan fingerprint density at radius 1 is 1.35 bits per heavy atom. The van der Waals surface area contributed by atoms with Crippen LogP contribution >= 0.6 is 15.9 Å². The standard InChI is InChI=1S/C17H24BrNO4/c1-4-13(19-8-6-5-7-14(19)17(20)21)11-9-15(22-2)16(23-3)10-12(11)18/h9-10,13-14H,4-8H2,1-3H3,(H,20,21). The minimum atomic E-state index is -0.736. The van der Waals surface area contributed by atoms with Gasteiger partial charge in [0.05, 0.1) is 14.2 Å². The molecule has 0 saturated carbocycles. The van der Waals surface area contributed by atoms with Crippen LogP contribution < -0.4 is 9.47 Å². The van der Waals surface area contributed by atoms with E-state index in [1.165, 1.54) is 0 Å². The fourth-order valence-electron chi connectivity index (χ4n) is 3.35. The molecule has 2 unspecified atom stereocenters. The summed E-state index contributed by atoms with van der Waals surface area (Å²) in [6.45, 7) is 2.89. The minimum Gasteiger partial charge on any atom is -0.493 e. The number of ether oxygens (including phenoxy) is 2. The number of carbonyl (C=O) groups is 1. The number of benzene rings is 1. The zero-order chi connectivity index (χ0) is 17.0. The van der Waals surface area contributed by atoms with Crippen LogP contribution in [0, 0.1) is 0 Å². The first-order valence-corrected chi connectivity index (χ1v) is 8.72. The van der Waals surface area contributed by atoms with Gasteiger partial charge in [-0.05, 0) is 43.5 Å². The van der Waals surface area contributed by atoms with Crippen LogP contribution in [0.1, 0.15) is 44.2 Å². The van der Waals surface area contributed by atoms with Crippen molar-refractivity contribution in [3.8, 4) is 11.5 Å². The first-order chi connectivity index (χ1) is 11.0. The molecule has 1 saturated heterocycles. The Morgan fingerprint density at radius 3 is 2.57 bits per heavy atom. The highest BCUT2D eigenvalue weighted by molar-refractivity contribution is 9.10. The van der Waals surface area contributed by atoms with Crippen molar-refractivity contribution in [2.24, 2.45) is 0 Å². The van der Waals surface area contributed by atoms with Crippen LogP contribution in [0.2, 0.25) is 0 Å². The van der Waals surface area contributed by atoms with Crippen LogP contribution in [0.15, 0.2) is 16.6 Å². The van der Waals surface area contributed by atoms with Crippen molar-refractivity contribution in [1.29, 1.82) is 0 Å². The Balaban J connectivity index is 2.41. The Morgan fingerprint density at radius 2 is 2.00 bits per heavy atom. The van der Waals surface area contributed by atoms with Crippen LogP contribution in [-0.2, 0) is 4.79 Å². The van der Waals surface area contributed by atoms with E-state index in [1.807, 2.05) is 12.1 Å². The number of piperidine rings is 1. The molecule has 1 aromatic rings. The molecule has 1 aromatic carbocycles. The highest BCUT2D eigenvalue weighted by atomic mass is 79.9. The number of likely N-dealkylation sites (tertiary alicyclic amines) is 1. The average Bonchev–Trinajstić information content (AvgIpc) is 2.56. The summed E-state index contributed by atoms with van der Waals surface area (Å²) in [5.74, 6) is 0.583. The molecule has 1 fully saturated rings. The first kappa shape index (κ1) is 18.1. The van der Waals surface area contributed by atoms with Crippen molar-refractivity contribution < 1.29 is 19.4 Å². The number of rotatable bonds is 6.